The fraction of sp³-hybridized carbons (Fsp3) is 0.364. The smallest absolute Gasteiger partial charge is 0.224 e. The van der Waals surface area contributed by atoms with Gasteiger partial charge in [-0.25, -0.2) is 9.97 Å². The van der Waals surface area contributed by atoms with Gasteiger partial charge in [-0.05, 0) is 17.9 Å². The third-order valence-electron chi connectivity index (χ3n) is 2.80. The van der Waals surface area contributed by atoms with Gasteiger partial charge in [-0.3, -0.25) is 4.79 Å². The first kappa shape index (κ1) is 10.5. The van der Waals surface area contributed by atoms with Gasteiger partial charge >= 0.3 is 0 Å². The Morgan fingerprint density at radius 1 is 1.59 bits per heavy atom. The summed E-state index contributed by atoms with van der Waals surface area (Å²) in [6.07, 6.45) is 3.32. The number of nitrogens with one attached hydrogen (secondary N) is 2. The van der Waals surface area contributed by atoms with Gasteiger partial charge in [0.15, 0.2) is 0 Å². The lowest BCUT2D eigenvalue weighted by molar-refractivity contribution is -0.119. The number of aromatic nitrogens is 2. The third kappa shape index (κ3) is 2.21. The topological polar surface area (TPSA) is 66.9 Å². The average molecular weight is 248 g/mol. The number of hydrogen-bond acceptors (Lipinski definition) is 5. The maximum Gasteiger partial charge on any atom is 0.224 e. The van der Waals surface area contributed by atoms with Gasteiger partial charge in [0.2, 0.25) is 11.9 Å². The number of thiophene rings is 1. The summed E-state index contributed by atoms with van der Waals surface area (Å²) >= 11 is 1.60. The predicted molar refractivity (Wildman–Crippen MR) is 67.1 cm³/mol. The van der Waals surface area contributed by atoms with E-state index in [2.05, 4.69) is 20.6 Å². The summed E-state index contributed by atoms with van der Waals surface area (Å²) in [5.41, 5.74) is 0. The van der Waals surface area contributed by atoms with E-state index in [9.17, 15) is 4.79 Å². The van der Waals surface area contributed by atoms with Crippen molar-refractivity contribution in [1.29, 1.82) is 0 Å². The summed E-state index contributed by atoms with van der Waals surface area (Å²) in [6, 6.07) is 2.20. The summed E-state index contributed by atoms with van der Waals surface area (Å²) in [7, 11) is 0. The summed E-state index contributed by atoms with van der Waals surface area (Å²) in [5.74, 6) is 0.757. The van der Waals surface area contributed by atoms with Crippen LogP contribution in [0.2, 0.25) is 0 Å². The molecule has 2 N–H and O–H groups in total. The van der Waals surface area contributed by atoms with Gasteiger partial charge < -0.3 is 10.6 Å². The molecular weight excluding hydrogens is 236 g/mol. The Hall–Kier alpha value is -1.69. The molecule has 0 saturated carbocycles. The van der Waals surface area contributed by atoms with Crippen LogP contribution in [0.15, 0.2) is 17.6 Å². The summed E-state index contributed by atoms with van der Waals surface area (Å²) < 4.78 is 0. The second-order valence-electron chi connectivity index (χ2n) is 4.06. The first-order valence-electron chi connectivity index (χ1n) is 5.55. The zero-order chi connectivity index (χ0) is 11.7. The van der Waals surface area contributed by atoms with Crippen molar-refractivity contribution in [2.24, 2.45) is 0 Å². The third-order valence-corrected chi connectivity index (χ3v) is 3.62. The number of anilines is 1. The molecular formula is C11H12N4OS. The lowest BCUT2D eigenvalue weighted by atomic mass is 10.2. The highest BCUT2D eigenvalue weighted by atomic mass is 32.1. The van der Waals surface area contributed by atoms with Crippen molar-refractivity contribution in [2.75, 3.05) is 11.9 Å². The van der Waals surface area contributed by atoms with Gasteiger partial charge in [-0.15, -0.1) is 11.3 Å². The highest BCUT2D eigenvalue weighted by molar-refractivity contribution is 7.16. The van der Waals surface area contributed by atoms with Crippen molar-refractivity contribution >= 4 is 33.4 Å². The van der Waals surface area contributed by atoms with Crippen LogP contribution in [0.25, 0.3) is 10.2 Å². The number of amides is 1. The molecule has 0 spiro atoms. The van der Waals surface area contributed by atoms with E-state index in [-0.39, 0.29) is 11.9 Å². The van der Waals surface area contributed by atoms with E-state index < -0.39 is 0 Å². The van der Waals surface area contributed by atoms with Crippen molar-refractivity contribution < 1.29 is 4.79 Å². The molecule has 1 saturated heterocycles. The molecule has 0 aliphatic carbocycles. The Morgan fingerprint density at radius 3 is 3.35 bits per heavy atom. The molecule has 5 nitrogen and oxygen atoms in total. The maximum atomic E-state index is 11.0. The summed E-state index contributed by atoms with van der Waals surface area (Å²) in [5, 5.41) is 9.13. The molecule has 1 unspecified atom stereocenters. The van der Waals surface area contributed by atoms with Gasteiger partial charge in [-0.1, -0.05) is 0 Å². The summed E-state index contributed by atoms with van der Waals surface area (Å²) in [4.78, 5) is 20.7. The molecule has 17 heavy (non-hydrogen) atoms. The van der Waals surface area contributed by atoms with Crippen LogP contribution in [0.4, 0.5) is 5.95 Å². The predicted octanol–water partition coefficient (Wildman–Crippen LogP) is 1.38. The fourth-order valence-corrected chi connectivity index (χ4v) is 2.63. The molecule has 0 radical (unpaired) electrons. The SMILES string of the molecule is O=C1CCC(CNc2ncc3ccsc3n2)N1. The standard InChI is InChI=1S/C11H12N4OS/c16-9-2-1-8(14-9)6-13-11-12-5-7-3-4-17-10(7)15-11/h3-5,8H,1-2,6H2,(H,14,16)(H,12,13,15). The Labute approximate surface area is 102 Å². The number of rotatable bonds is 3. The number of hydrogen-bond donors (Lipinski definition) is 2. The van der Waals surface area contributed by atoms with Gasteiger partial charge in [0.25, 0.3) is 0 Å². The van der Waals surface area contributed by atoms with Crippen molar-refractivity contribution in [2.45, 2.75) is 18.9 Å². The molecule has 1 amide bonds. The number of carbonyl (C=O) groups excluding carboxylic acids is 1. The minimum absolute atomic E-state index is 0.131. The minimum Gasteiger partial charge on any atom is -0.352 e. The molecule has 88 valence electrons. The number of fused-ring (bicyclic) bond motifs is 1. The minimum atomic E-state index is 0.131. The largest absolute Gasteiger partial charge is 0.352 e. The van der Waals surface area contributed by atoms with Gasteiger partial charge in [0.05, 0.1) is 0 Å². The molecule has 0 aromatic carbocycles. The highest BCUT2D eigenvalue weighted by Crippen LogP contribution is 2.18. The van der Waals surface area contributed by atoms with E-state index in [1.54, 1.807) is 11.3 Å². The van der Waals surface area contributed by atoms with E-state index in [1.807, 2.05) is 17.6 Å². The van der Waals surface area contributed by atoms with E-state index in [1.165, 1.54) is 0 Å². The normalized spacial score (nSPS) is 19.5. The van der Waals surface area contributed by atoms with Crippen molar-refractivity contribution in [3.8, 4) is 0 Å². The lowest BCUT2D eigenvalue weighted by Gasteiger charge is -2.10. The molecule has 1 aliphatic heterocycles. The molecule has 3 rings (SSSR count). The van der Waals surface area contributed by atoms with Crippen molar-refractivity contribution in [3.63, 3.8) is 0 Å². The summed E-state index contributed by atoms with van der Waals surface area (Å²) in [6.45, 7) is 0.683. The Balaban J connectivity index is 1.66. The zero-order valence-corrected chi connectivity index (χ0v) is 9.96. The molecule has 1 fully saturated rings. The van der Waals surface area contributed by atoms with Crippen LogP contribution < -0.4 is 10.6 Å². The van der Waals surface area contributed by atoms with Crippen molar-refractivity contribution in [3.05, 3.63) is 17.6 Å². The number of nitrogens with zero attached hydrogens (tertiary/aromatic N) is 2. The quantitative estimate of drug-likeness (QED) is 0.861. The van der Waals surface area contributed by atoms with Crippen molar-refractivity contribution in [1.82, 2.24) is 15.3 Å². The fourth-order valence-electron chi connectivity index (χ4n) is 1.89. The van der Waals surface area contributed by atoms with Crippen LogP contribution in [0.1, 0.15) is 12.8 Å². The van der Waals surface area contributed by atoms with Crippen LogP contribution in [-0.4, -0.2) is 28.5 Å². The molecule has 1 atom stereocenters. The molecule has 3 heterocycles. The van der Waals surface area contributed by atoms with Gasteiger partial charge in [0.1, 0.15) is 4.83 Å². The van der Waals surface area contributed by atoms with E-state index in [4.69, 9.17) is 0 Å². The Kier molecular flexibility index (Phi) is 2.64. The van der Waals surface area contributed by atoms with E-state index >= 15 is 0 Å². The van der Waals surface area contributed by atoms with Crippen LogP contribution in [0.5, 0.6) is 0 Å². The second kappa shape index (κ2) is 4.29. The van der Waals surface area contributed by atoms with Crippen LogP contribution >= 0.6 is 11.3 Å². The monoisotopic (exact) mass is 248 g/mol. The average Bonchev–Trinajstić information content (AvgIpc) is 2.94. The van der Waals surface area contributed by atoms with Crippen LogP contribution in [0, 0.1) is 0 Å². The lowest BCUT2D eigenvalue weighted by Crippen LogP contribution is -2.32. The second-order valence-corrected chi connectivity index (χ2v) is 4.95. The zero-order valence-electron chi connectivity index (χ0n) is 9.14. The highest BCUT2D eigenvalue weighted by Gasteiger charge is 2.20. The molecule has 6 heteroatoms. The van der Waals surface area contributed by atoms with E-state index in [0.29, 0.717) is 18.9 Å². The van der Waals surface area contributed by atoms with Gasteiger partial charge in [-0.2, -0.15) is 0 Å². The Morgan fingerprint density at radius 2 is 2.53 bits per heavy atom. The maximum absolute atomic E-state index is 11.0. The van der Waals surface area contributed by atoms with E-state index in [0.717, 1.165) is 16.6 Å². The molecule has 0 bridgehead atoms. The van der Waals surface area contributed by atoms with Crippen LogP contribution in [0.3, 0.4) is 0 Å². The first-order valence-corrected chi connectivity index (χ1v) is 6.43. The molecule has 2 aromatic rings. The van der Waals surface area contributed by atoms with Gasteiger partial charge in [0, 0.05) is 30.6 Å². The number of carbonyl (C=O) groups is 1. The van der Waals surface area contributed by atoms with Crippen LogP contribution in [-0.2, 0) is 4.79 Å². The first-order chi connectivity index (χ1) is 8.31. The molecule has 2 aromatic heterocycles. The molecule has 1 aliphatic rings. The Bertz CT molecular complexity index is 553.